The van der Waals surface area contributed by atoms with Crippen molar-refractivity contribution in [1.82, 2.24) is 0 Å². The average Bonchev–Trinajstić information content (AvgIpc) is 2.79. The third-order valence-electron chi connectivity index (χ3n) is 4.60. The second-order valence-electron chi connectivity index (χ2n) is 6.71. The molecular weight excluding hydrogens is 424 g/mol. The molecule has 0 aromatic heterocycles. The highest BCUT2D eigenvalue weighted by Gasteiger charge is 2.07. The number of hydrogen-bond donors (Lipinski definition) is 0. The summed E-state index contributed by atoms with van der Waals surface area (Å²) >= 11 is 3.66. The van der Waals surface area contributed by atoms with Gasteiger partial charge in [0.2, 0.25) is 0 Å². The van der Waals surface area contributed by atoms with Crippen LogP contribution < -0.4 is 9.47 Å². The Hall–Kier alpha value is -3.04. The summed E-state index contributed by atoms with van der Waals surface area (Å²) in [6, 6.07) is 34.6. The Morgan fingerprint density at radius 2 is 1.07 bits per heavy atom. The highest BCUT2D eigenvalue weighted by Crippen LogP contribution is 2.33. The molecule has 0 saturated carbocycles. The van der Waals surface area contributed by atoms with Crippen molar-refractivity contribution in [2.75, 3.05) is 0 Å². The first-order valence-corrected chi connectivity index (χ1v) is 10.3. The molecule has 0 spiro atoms. The SMILES string of the molecule is Brc1ccc(OCc2ccccc2)cc1-c1ccc(OCc2ccccc2)cc1. The van der Waals surface area contributed by atoms with Crippen molar-refractivity contribution in [2.24, 2.45) is 0 Å². The topological polar surface area (TPSA) is 18.5 Å². The molecule has 0 aliphatic carbocycles. The molecular formula is C26H21BrO2. The molecule has 0 fully saturated rings. The van der Waals surface area contributed by atoms with Crippen LogP contribution in [0.4, 0.5) is 0 Å². The largest absolute Gasteiger partial charge is 0.489 e. The van der Waals surface area contributed by atoms with Gasteiger partial charge in [0.15, 0.2) is 0 Å². The zero-order valence-corrected chi connectivity index (χ0v) is 17.5. The lowest BCUT2D eigenvalue weighted by atomic mass is 10.1. The predicted molar refractivity (Wildman–Crippen MR) is 121 cm³/mol. The van der Waals surface area contributed by atoms with E-state index in [4.69, 9.17) is 9.47 Å². The molecule has 0 aliphatic rings. The monoisotopic (exact) mass is 444 g/mol. The smallest absolute Gasteiger partial charge is 0.120 e. The summed E-state index contributed by atoms with van der Waals surface area (Å²) in [6.07, 6.45) is 0. The molecule has 0 bridgehead atoms. The summed E-state index contributed by atoms with van der Waals surface area (Å²) in [5.41, 5.74) is 4.50. The summed E-state index contributed by atoms with van der Waals surface area (Å²) < 4.78 is 12.9. The number of ether oxygens (including phenoxy) is 2. The van der Waals surface area contributed by atoms with E-state index in [0.717, 1.165) is 38.2 Å². The van der Waals surface area contributed by atoms with E-state index >= 15 is 0 Å². The van der Waals surface area contributed by atoms with Crippen molar-refractivity contribution in [3.05, 3.63) is 119 Å². The van der Waals surface area contributed by atoms with Crippen molar-refractivity contribution >= 4 is 15.9 Å². The van der Waals surface area contributed by atoms with Gasteiger partial charge in [-0.1, -0.05) is 88.7 Å². The van der Waals surface area contributed by atoms with Crippen LogP contribution in [-0.2, 0) is 13.2 Å². The normalized spacial score (nSPS) is 10.5. The van der Waals surface area contributed by atoms with Crippen molar-refractivity contribution in [3.8, 4) is 22.6 Å². The zero-order chi connectivity index (χ0) is 19.9. The van der Waals surface area contributed by atoms with E-state index in [9.17, 15) is 0 Å². The summed E-state index contributed by atoms with van der Waals surface area (Å²) in [7, 11) is 0. The minimum absolute atomic E-state index is 0.550. The number of benzene rings is 4. The molecule has 0 amide bonds. The van der Waals surface area contributed by atoms with Crippen LogP contribution in [0.25, 0.3) is 11.1 Å². The molecule has 0 unspecified atom stereocenters. The standard InChI is InChI=1S/C26H21BrO2/c27-26-16-15-24(29-19-21-9-5-2-6-10-21)17-25(26)22-11-13-23(14-12-22)28-18-20-7-3-1-4-8-20/h1-17H,18-19H2. The van der Waals surface area contributed by atoms with Crippen molar-refractivity contribution < 1.29 is 9.47 Å². The van der Waals surface area contributed by atoms with Gasteiger partial charge in [-0.3, -0.25) is 0 Å². The first-order valence-electron chi connectivity index (χ1n) is 9.51. The number of rotatable bonds is 7. The summed E-state index contributed by atoms with van der Waals surface area (Å²) in [5, 5.41) is 0. The van der Waals surface area contributed by atoms with E-state index < -0.39 is 0 Å². The molecule has 0 saturated heterocycles. The first-order chi connectivity index (χ1) is 14.3. The van der Waals surface area contributed by atoms with Gasteiger partial charge in [-0.05, 0) is 52.6 Å². The Bertz CT molecular complexity index is 1050. The third-order valence-corrected chi connectivity index (χ3v) is 5.29. The van der Waals surface area contributed by atoms with Crippen LogP contribution in [0.2, 0.25) is 0 Å². The summed E-state index contributed by atoms with van der Waals surface area (Å²) in [4.78, 5) is 0. The minimum atomic E-state index is 0.550. The average molecular weight is 445 g/mol. The molecule has 4 aromatic rings. The molecule has 144 valence electrons. The van der Waals surface area contributed by atoms with Crippen LogP contribution >= 0.6 is 15.9 Å². The van der Waals surface area contributed by atoms with Gasteiger partial charge in [-0.25, -0.2) is 0 Å². The van der Waals surface area contributed by atoms with Crippen molar-refractivity contribution in [1.29, 1.82) is 0 Å². The summed E-state index contributed by atoms with van der Waals surface area (Å²) in [5.74, 6) is 1.70. The molecule has 0 radical (unpaired) electrons. The highest BCUT2D eigenvalue weighted by molar-refractivity contribution is 9.10. The van der Waals surface area contributed by atoms with Crippen molar-refractivity contribution in [2.45, 2.75) is 13.2 Å². The van der Waals surface area contributed by atoms with Gasteiger partial charge >= 0.3 is 0 Å². The van der Waals surface area contributed by atoms with Crippen LogP contribution in [0, 0.1) is 0 Å². The first kappa shape index (κ1) is 19.3. The molecule has 0 atom stereocenters. The molecule has 4 rings (SSSR count). The van der Waals surface area contributed by atoms with Crippen LogP contribution in [0.5, 0.6) is 11.5 Å². The molecule has 3 heteroatoms. The second kappa shape index (κ2) is 9.44. The number of halogens is 1. The predicted octanol–water partition coefficient (Wildman–Crippen LogP) is 7.27. The van der Waals surface area contributed by atoms with Crippen molar-refractivity contribution in [3.63, 3.8) is 0 Å². The molecule has 4 aromatic carbocycles. The Kier molecular flexibility index (Phi) is 6.28. The quantitative estimate of drug-likeness (QED) is 0.298. The molecule has 0 N–H and O–H groups in total. The highest BCUT2D eigenvalue weighted by atomic mass is 79.9. The van der Waals surface area contributed by atoms with Gasteiger partial charge in [0, 0.05) is 4.47 Å². The Morgan fingerprint density at radius 3 is 1.66 bits per heavy atom. The second-order valence-corrected chi connectivity index (χ2v) is 7.57. The van der Waals surface area contributed by atoms with Gasteiger partial charge in [-0.2, -0.15) is 0 Å². The van der Waals surface area contributed by atoms with Gasteiger partial charge < -0.3 is 9.47 Å². The molecule has 2 nitrogen and oxygen atoms in total. The van der Waals surface area contributed by atoms with Crippen LogP contribution in [-0.4, -0.2) is 0 Å². The van der Waals surface area contributed by atoms with Crippen LogP contribution in [0.3, 0.4) is 0 Å². The third kappa shape index (κ3) is 5.27. The van der Waals surface area contributed by atoms with E-state index in [1.165, 1.54) is 0 Å². The van der Waals surface area contributed by atoms with Gasteiger partial charge in [0.25, 0.3) is 0 Å². The maximum atomic E-state index is 5.97. The molecule has 29 heavy (non-hydrogen) atoms. The lowest BCUT2D eigenvalue weighted by Crippen LogP contribution is -1.96. The fourth-order valence-electron chi connectivity index (χ4n) is 3.03. The summed E-state index contributed by atoms with van der Waals surface area (Å²) in [6.45, 7) is 1.11. The number of hydrogen-bond acceptors (Lipinski definition) is 2. The van der Waals surface area contributed by atoms with E-state index in [1.807, 2.05) is 60.7 Å². The van der Waals surface area contributed by atoms with Crippen LogP contribution in [0.15, 0.2) is 108 Å². The fraction of sp³-hybridized carbons (Fsp3) is 0.0769. The van der Waals surface area contributed by atoms with E-state index in [2.05, 4.69) is 58.4 Å². The molecule has 0 heterocycles. The zero-order valence-electron chi connectivity index (χ0n) is 15.9. The van der Waals surface area contributed by atoms with E-state index in [1.54, 1.807) is 0 Å². The van der Waals surface area contributed by atoms with E-state index in [0.29, 0.717) is 13.2 Å². The van der Waals surface area contributed by atoms with Gasteiger partial charge in [0.1, 0.15) is 24.7 Å². The maximum absolute atomic E-state index is 5.97. The Labute approximate surface area is 179 Å². The Balaban J connectivity index is 1.44. The maximum Gasteiger partial charge on any atom is 0.120 e. The Morgan fingerprint density at radius 1 is 0.552 bits per heavy atom. The lowest BCUT2D eigenvalue weighted by molar-refractivity contribution is 0.306. The van der Waals surface area contributed by atoms with E-state index in [-0.39, 0.29) is 0 Å². The minimum Gasteiger partial charge on any atom is -0.489 e. The fourth-order valence-corrected chi connectivity index (χ4v) is 3.50. The van der Waals surface area contributed by atoms with Crippen LogP contribution in [0.1, 0.15) is 11.1 Å². The van der Waals surface area contributed by atoms with Gasteiger partial charge in [0.05, 0.1) is 0 Å². The van der Waals surface area contributed by atoms with Gasteiger partial charge in [-0.15, -0.1) is 0 Å². The lowest BCUT2D eigenvalue weighted by Gasteiger charge is -2.11. The molecule has 0 aliphatic heterocycles.